The molecule has 4 heteroatoms. The van der Waals surface area contributed by atoms with Gasteiger partial charge in [0.25, 0.3) is 0 Å². The van der Waals surface area contributed by atoms with Crippen LogP contribution in [0.25, 0.3) is 0 Å². The van der Waals surface area contributed by atoms with Gasteiger partial charge in [-0.05, 0) is 37.5 Å². The van der Waals surface area contributed by atoms with Gasteiger partial charge in [-0.15, -0.1) is 0 Å². The number of hydrazine groups is 1. The summed E-state index contributed by atoms with van der Waals surface area (Å²) in [4.78, 5) is 4.13. The number of hydrogen-bond acceptors (Lipinski definition) is 4. The Kier molecular flexibility index (Phi) is 1.92. The summed E-state index contributed by atoms with van der Waals surface area (Å²) in [5.74, 6) is 1.60. The lowest BCUT2D eigenvalue weighted by Crippen LogP contribution is -2.32. The molecule has 0 amide bonds. The minimum Gasteiger partial charge on any atom is -0.272 e. The second kappa shape index (κ2) is 3.26. The summed E-state index contributed by atoms with van der Waals surface area (Å²) in [7, 11) is 0. The molecule has 0 aromatic heterocycles. The van der Waals surface area contributed by atoms with Crippen molar-refractivity contribution in [2.75, 3.05) is 13.1 Å². The number of hydrazone groups is 1. The molecule has 3 rings (SSSR count). The van der Waals surface area contributed by atoms with Crippen molar-refractivity contribution >= 4 is 12.1 Å². The van der Waals surface area contributed by atoms with E-state index in [2.05, 4.69) is 15.6 Å². The lowest BCUT2D eigenvalue weighted by Gasteiger charge is -2.13. The lowest BCUT2D eigenvalue weighted by atomic mass is 10.2. The molecule has 76 valence electrons. The largest absolute Gasteiger partial charge is 0.272 e. The van der Waals surface area contributed by atoms with Gasteiger partial charge < -0.3 is 0 Å². The molecule has 0 atom stereocenters. The van der Waals surface area contributed by atoms with E-state index in [-0.39, 0.29) is 0 Å². The topological polar surface area (TPSA) is 40.0 Å². The first kappa shape index (κ1) is 8.26. The second-order valence-corrected chi connectivity index (χ2v) is 4.40. The van der Waals surface area contributed by atoms with Crippen molar-refractivity contribution in [1.29, 1.82) is 0 Å². The molecule has 2 aliphatic carbocycles. The van der Waals surface area contributed by atoms with Gasteiger partial charge in [-0.1, -0.05) is 0 Å². The summed E-state index contributed by atoms with van der Waals surface area (Å²) in [6, 6.07) is 0. The van der Waals surface area contributed by atoms with Crippen LogP contribution >= 0.6 is 0 Å². The van der Waals surface area contributed by atoms with E-state index in [0.717, 1.165) is 24.9 Å². The second-order valence-electron chi connectivity index (χ2n) is 4.40. The molecular formula is C10H16N4. The highest BCUT2D eigenvalue weighted by Crippen LogP contribution is 2.41. The number of nitrogens with one attached hydrogen (secondary N) is 1. The maximum absolute atomic E-state index is 4.53. The predicted molar refractivity (Wildman–Crippen MR) is 56.1 cm³/mol. The predicted octanol–water partition coefficient (Wildman–Crippen LogP) is 1.01. The van der Waals surface area contributed by atoms with E-state index in [1.807, 2.05) is 11.3 Å². The fourth-order valence-corrected chi connectivity index (χ4v) is 1.85. The van der Waals surface area contributed by atoms with Crippen LogP contribution in [0.15, 0.2) is 10.1 Å². The van der Waals surface area contributed by atoms with E-state index in [1.54, 1.807) is 0 Å². The van der Waals surface area contributed by atoms with Crippen molar-refractivity contribution in [3.63, 3.8) is 0 Å². The molecule has 1 heterocycles. The first-order chi connectivity index (χ1) is 6.93. The summed E-state index contributed by atoms with van der Waals surface area (Å²) in [5.41, 5.74) is 4.52. The molecule has 0 aromatic carbocycles. The molecule has 0 aromatic rings. The van der Waals surface area contributed by atoms with Crippen LogP contribution in [-0.2, 0) is 0 Å². The van der Waals surface area contributed by atoms with Crippen LogP contribution in [0.4, 0.5) is 0 Å². The lowest BCUT2D eigenvalue weighted by molar-refractivity contribution is 0.352. The van der Waals surface area contributed by atoms with E-state index in [4.69, 9.17) is 0 Å². The Morgan fingerprint density at radius 3 is 2.50 bits per heavy atom. The minimum atomic E-state index is 0.801. The van der Waals surface area contributed by atoms with Crippen molar-refractivity contribution in [3.05, 3.63) is 0 Å². The molecule has 0 radical (unpaired) electrons. The molecule has 2 saturated carbocycles. The monoisotopic (exact) mass is 192 g/mol. The van der Waals surface area contributed by atoms with Crippen molar-refractivity contribution in [3.8, 4) is 0 Å². The summed E-state index contributed by atoms with van der Waals surface area (Å²) in [6.07, 6.45) is 7.24. The van der Waals surface area contributed by atoms with Gasteiger partial charge in [0.05, 0.1) is 13.1 Å². The van der Waals surface area contributed by atoms with E-state index >= 15 is 0 Å². The minimum absolute atomic E-state index is 0.801. The van der Waals surface area contributed by atoms with Crippen molar-refractivity contribution < 1.29 is 0 Å². The Hall–Kier alpha value is -1.06. The van der Waals surface area contributed by atoms with Gasteiger partial charge >= 0.3 is 0 Å². The molecule has 14 heavy (non-hydrogen) atoms. The highest BCUT2D eigenvalue weighted by Gasteiger charge is 2.38. The summed E-state index contributed by atoms with van der Waals surface area (Å²) in [6.45, 7) is 1.84. The Balaban J connectivity index is 1.59. The van der Waals surface area contributed by atoms with Gasteiger partial charge in [0, 0.05) is 5.71 Å². The normalized spacial score (nSPS) is 25.3. The molecule has 2 fully saturated rings. The number of nitrogens with zero attached hydrogens (tertiary/aromatic N) is 3. The molecule has 4 nitrogen and oxygen atoms in total. The third-order valence-electron chi connectivity index (χ3n) is 2.99. The van der Waals surface area contributed by atoms with Gasteiger partial charge in [-0.25, -0.2) is 5.53 Å². The molecule has 0 saturated heterocycles. The quantitative estimate of drug-likeness (QED) is 0.533. The summed E-state index contributed by atoms with van der Waals surface area (Å²) in [5, 5.41) is 6.49. The van der Waals surface area contributed by atoms with Gasteiger partial charge in [-0.2, -0.15) is 5.10 Å². The molecule has 0 spiro atoms. The van der Waals surface area contributed by atoms with Gasteiger partial charge in [0.1, 0.15) is 6.34 Å². The van der Waals surface area contributed by atoms with Gasteiger partial charge in [0.2, 0.25) is 0 Å². The fourth-order valence-electron chi connectivity index (χ4n) is 1.85. The Morgan fingerprint density at radius 2 is 2.00 bits per heavy atom. The average molecular weight is 192 g/mol. The number of hydrogen-bond donors (Lipinski definition) is 1. The fraction of sp³-hybridized carbons (Fsp3) is 0.800. The molecule has 3 aliphatic rings. The highest BCUT2D eigenvalue weighted by atomic mass is 15.7. The third-order valence-corrected chi connectivity index (χ3v) is 2.99. The number of rotatable bonds is 4. The van der Waals surface area contributed by atoms with E-state index in [9.17, 15) is 0 Å². The molecule has 0 unspecified atom stereocenters. The zero-order valence-electron chi connectivity index (χ0n) is 8.32. The van der Waals surface area contributed by atoms with Crippen LogP contribution in [0.2, 0.25) is 0 Å². The zero-order valence-corrected chi connectivity index (χ0v) is 8.32. The van der Waals surface area contributed by atoms with Crippen LogP contribution in [0, 0.1) is 11.8 Å². The maximum atomic E-state index is 4.53. The van der Waals surface area contributed by atoms with E-state index in [1.165, 1.54) is 31.4 Å². The van der Waals surface area contributed by atoms with Gasteiger partial charge in [-0.3, -0.25) is 10.0 Å². The third kappa shape index (κ3) is 1.74. The van der Waals surface area contributed by atoms with Gasteiger partial charge in [0.15, 0.2) is 0 Å². The summed E-state index contributed by atoms with van der Waals surface area (Å²) < 4.78 is 0. The van der Waals surface area contributed by atoms with Crippen LogP contribution in [0.1, 0.15) is 25.7 Å². The Bertz CT molecular complexity index is 262. The molecular weight excluding hydrogens is 176 g/mol. The zero-order chi connectivity index (χ0) is 9.38. The summed E-state index contributed by atoms with van der Waals surface area (Å²) >= 11 is 0. The van der Waals surface area contributed by atoms with Crippen molar-refractivity contribution in [1.82, 2.24) is 10.5 Å². The number of aliphatic imine (C=N–C) groups is 1. The van der Waals surface area contributed by atoms with Crippen LogP contribution in [-0.4, -0.2) is 30.1 Å². The van der Waals surface area contributed by atoms with Crippen molar-refractivity contribution in [2.24, 2.45) is 21.9 Å². The first-order valence-electron chi connectivity index (χ1n) is 5.53. The highest BCUT2D eigenvalue weighted by molar-refractivity contribution is 5.92. The smallest absolute Gasteiger partial charge is 0.105 e. The molecule has 1 N–H and O–H groups in total. The van der Waals surface area contributed by atoms with Crippen LogP contribution in [0.5, 0.6) is 0 Å². The molecule has 1 aliphatic heterocycles. The van der Waals surface area contributed by atoms with Crippen molar-refractivity contribution in [2.45, 2.75) is 25.7 Å². The Labute approximate surface area is 84.0 Å². The molecule has 0 bridgehead atoms. The maximum Gasteiger partial charge on any atom is 0.105 e. The van der Waals surface area contributed by atoms with E-state index < -0.39 is 0 Å². The standard InChI is InChI=1S/C10H16N4/c1-2-8(1)10(9-3-4-9)12-13-14-6-5-11-7-14/h7-9,13H,1-6H2. The van der Waals surface area contributed by atoms with Crippen LogP contribution < -0.4 is 5.53 Å². The Morgan fingerprint density at radius 1 is 1.29 bits per heavy atom. The SMILES string of the molecule is C1=NCCN1NN=C(C1CC1)C1CC1. The van der Waals surface area contributed by atoms with E-state index in [0.29, 0.717) is 0 Å². The first-order valence-corrected chi connectivity index (χ1v) is 5.53. The average Bonchev–Trinajstić information content (AvgIpc) is 3.09. The van der Waals surface area contributed by atoms with Crippen LogP contribution in [0.3, 0.4) is 0 Å².